The number of carboxylic acid groups (broad SMARTS) is 1. The number of alkyl halides is 3. The van der Waals surface area contributed by atoms with Crippen LogP contribution in [0.25, 0.3) is 0 Å². The lowest BCUT2D eigenvalue weighted by atomic mass is 9.88. The molecule has 0 aromatic heterocycles. The Bertz CT molecular complexity index is 747. The third-order valence-electron chi connectivity index (χ3n) is 5.62. The van der Waals surface area contributed by atoms with E-state index in [1.54, 1.807) is 12.1 Å². The molecule has 2 heterocycles. The fraction of sp³-hybridized carbons (Fsp3) is 0.600. The van der Waals surface area contributed by atoms with Gasteiger partial charge in [-0.05, 0) is 63.9 Å². The molecule has 10 heteroatoms. The van der Waals surface area contributed by atoms with Gasteiger partial charge in [0.25, 0.3) is 5.91 Å². The number of aliphatic carboxylic acids is 1. The molecule has 2 aliphatic rings. The number of carbonyl (C=O) groups is 2. The van der Waals surface area contributed by atoms with E-state index < -0.39 is 12.1 Å². The van der Waals surface area contributed by atoms with Crippen LogP contribution >= 0.6 is 11.6 Å². The first-order valence-electron chi connectivity index (χ1n) is 9.71. The summed E-state index contributed by atoms with van der Waals surface area (Å²) in [6, 6.07) is 7.18. The minimum atomic E-state index is -5.08. The Labute approximate surface area is 178 Å². The van der Waals surface area contributed by atoms with Crippen LogP contribution in [-0.2, 0) is 9.59 Å². The lowest BCUT2D eigenvalue weighted by Crippen LogP contribution is -2.42. The number of hydrogen-bond acceptors (Lipinski definition) is 4. The Balaban J connectivity index is 0.000000396. The van der Waals surface area contributed by atoms with Crippen LogP contribution in [0.3, 0.4) is 0 Å². The SMILES string of the molecule is CN1CCCC12CCCN(C(=O)COc1cccc(Cl)c1)CC2.O=C(O)C(F)(F)F. The predicted molar refractivity (Wildman–Crippen MR) is 106 cm³/mol. The van der Waals surface area contributed by atoms with Gasteiger partial charge in [-0.2, -0.15) is 13.2 Å². The van der Waals surface area contributed by atoms with E-state index in [4.69, 9.17) is 26.2 Å². The van der Waals surface area contributed by atoms with Gasteiger partial charge in [-0.25, -0.2) is 4.79 Å². The number of likely N-dealkylation sites (tertiary alicyclic amines) is 2. The van der Waals surface area contributed by atoms with E-state index in [1.807, 2.05) is 17.0 Å². The maximum Gasteiger partial charge on any atom is 0.490 e. The van der Waals surface area contributed by atoms with Gasteiger partial charge in [0.05, 0.1) is 0 Å². The second kappa shape index (κ2) is 10.3. The molecule has 2 saturated heterocycles. The van der Waals surface area contributed by atoms with Crippen LogP contribution in [0.15, 0.2) is 24.3 Å². The van der Waals surface area contributed by atoms with Crippen molar-refractivity contribution < 1.29 is 32.6 Å². The van der Waals surface area contributed by atoms with E-state index in [0.29, 0.717) is 16.3 Å². The van der Waals surface area contributed by atoms with Crippen molar-refractivity contribution >= 4 is 23.5 Å². The van der Waals surface area contributed by atoms with Crippen LogP contribution in [0.2, 0.25) is 5.02 Å². The van der Waals surface area contributed by atoms with E-state index in [0.717, 1.165) is 25.9 Å². The summed E-state index contributed by atoms with van der Waals surface area (Å²) in [5, 5.41) is 7.75. The first-order chi connectivity index (χ1) is 14.0. The van der Waals surface area contributed by atoms with Crippen molar-refractivity contribution in [2.75, 3.05) is 33.3 Å². The fourth-order valence-electron chi connectivity index (χ4n) is 3.93. The molecule has 0 saturated carbocycles. The second-order valence-corrected chi connectivity index (χ2v) is 7.97. The van der Waals surface area contributed by atoms with Gasteiger partial charge in [-0.1, -0.05) is 17.7 Å². The Morgan fingerprint density at radius 1 is 1.17 bits per heavy atom. The maximum absolute atomic E-state index is 12.4. The Morgan fingerprint density at radius 2 is 1.80 bits per heavy atom. The number of rotatable bonds is 3. The topological polar surface area (TPSA) is 70.1 Å². The van der Waals surface area contributed by atoms with Crippen molar-refractivity contribution in [2.45, 2.75) is 43.8 Å². The lowest BCUT2D eigenvalue weighted by molar-refractivity contribution is -0.192. The van der Waals surface area contributed by atoms with Gasteiger partial charge in [0.1, 0.15) is 5.75 Å². The normalized spacial score (nSPS) is 22.2. The van der Waals surface area contributed by atoms with Gasteiger partial charge < -0.3 is 19.6 Å². The summed E-state index contributed by atoms with van der Waals surface area (Å²) in [4.78, 5) is 25.8. The van der Waals surface area contributed by atoms with E-state index >= 15 is 0 Å². The average molecular weight is 451 g/mol. The molecule has 1 atom stereocenters. The maximum atomic E-state index is 12.4. The molecule has 30 heavy (non-hydrogen) atoms. The monoisotopic (exact) mass is 450 g/mol. The highest BCUT2D eigenvalue weighted by Gasteiger charge is 2.40. The summed E-state index contributed by atoms with van der Waals surface area (Å²) in [6.07, 6.45) is 0.814. The molecule has 0 radical (unpaired) electrons. The van der Waals surface area contributed by atoms with Crippen LogP contribution in [0.1, 0.15) is 32.1 Å². The molecule has 3 rings (SSSR count). The van der Waals surface area contributed by atoms with Crippen molar-refractivity contribution in [1.29, 1.82) is 0 Å². The molecule has 6 nitrogen and oxygen atoms in total. The van der Waals surface area contributed by atoms with Gasteiger partial charge in [0.2, 0.25) is 0 Å². The number of benzene rings is 1. The van der Waals surface area contributed by atoms with Crippen molar-refractivity contribution in [3.05, 3.63) is 29.3 Å². The zero-order chi connectivity index (χ0) is 22.4. The fourth-order valence-corrected chi connectivity index (χ4v) is 4.11. The summed E-state index contributed by atoms with van der Waals surface area (Å²) >= 11 is 5.93. The van der Waals surface area contributed by atoms with Crippen molar-refractivity contribution in [3.8, 4) is 5.75 Å². The van der Waals surface area contributed by atoms with Crippen molar-refractivity contribution in [1.82, 2.24) is 9.80 Å². The Hall–Kier alpha value is -2.00. The van der Waals surface area contributed by atoms with Crippen LogP contribution in [-0.4, -0.2) is 71.8 Å². The highest BCUT2D eigenvalue weighted by molar-refractivity contribution is 6.30. The smallest absolute Gasteiger partial charge is 0.484 e. The molecule has 1 unspecified atom stereocenters. The first kappa shape index (κ1) is 24.3. The molecule has 1 aromatic carbocycles. The van der Waals surface area contributed by atoms with Gasteiger partial charge in [0.15, 0.2) is 6.61 Å². The molecule has 1 N–H and O–H groups in total. The number of nitrogens with zero attached hydrogens (tertiary/aromatic N) is 2. The average Bonchev–Trinajstić information content (AvgIpc) is 2.88. The summed E-state index contributed by atoms with van der Waals surface area (Å²) in [5.74, 6) is -2.04. The zero-order valence-corrected chi connectivity index (χ0v) is 17.5. The molecule has 0 bridgehead atoms. The Kier molecular flexibility index (Phi) is 8.37. The van der Waals surface area contributed by atoms with Crippen LogP contribution in [0.4, 0.5) is 13.2 Å². The molecule has 1 amide bonds. The number of hydrogen-bond donors (Lipinski definition) is 1. The molecule has 0 aliphatic carbocycles. The van der Waals surface area contributed by atoms with Gasteiger partial charge >= 0.3 is 12.1 Å². The first-order valence-corrected chi connectivity index (χ1v) is 10.1. The van der Waals surface area contributed by atoms with E-state index in [1.165, 1.54) is 25.8 Å². The largest absolute Gasteiger partial charge is 0.490 e. The molecular weight excluding hydrogens is 425 g/mol. The van der Waals surface area contributed by atoms with Crippen molar-refractivity contribution in [2.24, 2.45) is 0 Å². The molecule has 2 aliphatic heterocycles. The second-order valence-electron chi connectivity index (χ2n) is 7.53. The molecule has 168 valence electrons. The minimum Gasteiger partial charge on any atom is -0.484 e. The van der Waals surface area contributed by atoms with Gasteiger partial charge in [-0.15, -0.1) is 0 Å². The highest BCUT2D eigenvalue weighted by atomic mass is 35.5. The minimum absolute atomic E-state index is 0.0719. The summed E-state index contributed by atoms with van der Waals surface area (Å²) in [7, 11) is 2.23. The number of carbonyl (C=O) groups excluding carboxylic acids is 1. The van der Waals surface area contributed by atoms with Gasteiger partial charge in [-0.3, -0.25) is 4.79 Å². The van der Waals surface area contributed by atoms with E-state index in [2.05, 4.69) is 11.9 Å². The molecule has 2 fully saturated rings. The van der Waals surface area contributed by atoms with Crippen LogP contribution in [0.5, 0.6) is 5.75 Å². The molecule has 1 spiro atoms. The molecule has 1 aromatic rings. The number of ether oxygens (including phenoxy) is 1. The number of halogens is 4. The molecular formula is C20H26ClF3N2O4. The number of amides is 1. The van der Waals surface area contributed by atoms with Crippen molar-refractivity contribution in [3.63, 3.8) is 0 Å². The van der Waals surface area contributed by atoms with Crippen LogP contribution < -0.4 is 4.74 Å². The summed E-state index contributed by atoms with van der Waals surface area (Å²) in [6.45, 7) is 2.95. The predicted octanol–water partition coefficient (Wildman–Crippen LogP) is 3.83. The summed E-state index contributed by atoms with van der Waals surface area (Å²) < 4.78 is 37.3. The van der Waals surface area contributed by atoms with Crippen LogP contribution in [0, 0.1) is 0 Å². The third kappa shape index (κ3) is 6.77. The lowest BCUT2D eigenvalue weighted by Gasteiger charge is -2.35. The van der Waals surface area contributed by atoms with E-state index in [-0.39, 0.29) is 12.5 Å². The highest BCUT2D eigenvalue weighted by Crippen LogP contribution is 2.37. The van der Waals surface area contributed by atoms with Gasteiger partial charge in [0, 0.05) is 23.7 Å². The van der Waals surface area contributed by atoms with E-state index in [9.17, 15) is 18.0 Å². The third-order valence-corrected chi connectivity index (χ3v) is 5.85. The summed E-state index contributed by atoms with van der Waals surface area (Å²) in [5.41, 5.74) is 0.322. The standard InChI is InChI=1S/C18H25ClN2O2.C2HF3O2/c1-20-10-3-7-18(20)8-4-11-21(12-9-18)17(22)14-23-16-6-2-5-15(19)13-16;3-2(4,5)1(6)7/h2,5-6,13H,3-4,7-12,14H2,1H3;(H,6,7). The zero-order valence-electron chi connectivity index (χ0n) is 16.8. The number of carboxylic acids is 1. The Morgan fingerprint density at radius 3 is 2.33 bits per heavy atom. The quantitative estimate of drug-likeness (QED) is 0.758.